The van der Waals surface area contributed by atoms with Crippen molar-refractivity contribution in [3.05, 3.63) is 29.8 Å². The molecule has 0 bridgehead atoms. The van der Waals surface area contributed by atoms with E-state index < -0.39 is 6.67 Å². The molecule has 0 heterocycles. The van der Waals surface area contributed by atoms with Gasteiger partial charge in [0.05, 0.1) is 0 Å². The van der Waals surface area contributed by atoms with Crippen LogP contribution in [0.25, 0.3) is 0 Å². The maximum Gasteiger partial charge on any atom is 0.124 e. The summed E-state index contributed by atoms with van der Waals surface area (Å²) in [6, 6.07) is 8.15. The molecule has 0 amide bonds. The summed E-state index contributed by atoms with van der Waals surface area (Å²) in [6.45, 7) is 4.94. The van der Waals surface area contributed by atoms with Gasteiger partial charge in [-0.15, -0.1) is 0 Å². The molecule has 0 radical (unpaired) electrons. The lowest BCUT2D eigenvalue weighted by Gasteiger charge is -2.20. The van der Waals surface area contributed by atoms with Gasteiger partial charge >= 0.3 is 0 Å². The van der Waals surface area contributed by atoms with Crippen molar-refractivity contribution in [3.63, 3.8) is 0 Å². The van der Waals surface area contributed by atoms with Crippen molar-refractivity contribution >= 4 is 0 Å². The predicted molar refractivity (Wildman–Crippen MR) is 69.2 cm³/mol. The summed E-state index contributed by atoms with van der Waals surface area (Å²) < 4.78 is 17.6. The number of rotatable bonds is 8. The Hall–Kier alpha value is -1.09. The van der Waals surface area contributed by atoms with Crippen LogP contribution >= 0.6 is 0 Å². The minimum atomic E-state index is -0.451. The summed E-state index contributed by atoms with van der Waals surface area (Å²) in [4.78, 5) is 0. The molecule has 0 aliphatic carbocycles. The first-order valence-corrected chi connectivity index (χ1v) is 6.34. The molecule has 2 nitrogen and oxygen atoms in total. The lowest BCUT2D eigenvalue weighted by Crippen LogP contribution is -2.22. The molecule has 0 saturated heterocycles. The Bertz CT molecular complexity index is 317. The fraction of sp³-hybridized carbons (Fsp3) is 0.571. The van der Waals surface area contributed by atoms with Gasteiger partial charge < -0.3 is 10.1 Å². The average molecular weight is 239 g/mol. The SMILES string of the molecule is CCCNC(CC)c1ccccc1OCCF. The van der Waals surface area contributed by atoms with Crippen LogP contribution in [-0.4, -0.2) is 19.8 Å². The van der Waals surface area contributed by atoms with Crippen molar-refractivity contribution in [2.75, 3.05) is 19.8 Å². The summed E-state index contributed by atoms with van der Waals surface area (Å²) >= 11 is 0. The van der Waals surface area contributed by atoms with Crippen LogP contribution in [0, 0.1) is 0 Å². The second-order valence-corrected chi connectivity index (χ2v) is 3.99. The van der Waals surface area contributed by atoms with E-state index in [0.717, 1.165) is 30.7 Å². The number of hydrogen-bond donors (Lipinski definition) is 1. The van der Waals surface area contributed by atoms with Crippen LogP contribution in [0.4, 0.5) is 4.39 Å². The number of halogens is 1. The molecule has 0 saturated carbocycles. The number of nitrogens with one attached hydrogen (secondary N) is 1. The highest BCUT2D eigenvalue weighted by atomic mass is 19.1. The highest BCUT2D eigenvalue weighted by Gasteiger charge is 2.13. The summed E-state index contributed by atoms with van der Waals surface area (Å²) in [6.07, 6.45) is 2.10. The van der Waals surface area contributed by atoms with Crippen molar-refractivity contribution in [2.24, 2.45) is 0 Å². The molecular weight excluding hydrogens is 217 g/mol. The standard InChI is InChI=1S/C14H22FNO/c1-3-10-16-13(4-2)12-7-5-6-8-14(12)17-11-9-15/h5-8,13,16H,3-4,9-11H2,1-2H3. The van der Waals surface area contributed by atoms with Gasteiger partial charge in [0.2, 0.25) is 0 Å². The lowest BCUT2D eigenvalue weighted by molar-refractivity contribution is 0.268. The molecule has 0 aliphatic rings. The normalized spacial score (nSPS) is 12.4. The highest BCUT2D eigenvalue weighted by Crippen LogP contribution is 2.27. The van der Waals surface area contributed by atoms with Gasteiger partial charge in [-0.25, -0.2) is 4.39 Å². The first-order chi connectivity index (χ1) is 8.33. The maximum absolute atomic E-state index is 12.2. The number of ether oxygens (including phenoxy) is 1. The van der Waals surface area contributed by atoms with Crippen LogP contribution in [0.15, 0.2) is 24.3 Å². The second-order valence-electron chi connectivity index (χ2n) is 3.99. The van der Waals surface area contributed by atoms with Crippen molar-refractivity contribution < 1.29 is 9.13 Å². The van der Waals surface area contributed by atoms with Crippen LogP contribution in [-0.2, 0) is 0 Å². The summed E-state index contributed by atoms with van der Waals surface area (Å²) in [5, 5.41) is 3.48. The summed E-state index contributed by atoms with van der Waals surface area (Å²) in [7, 11) is 0. The average Bonchev–Trinajstić information content (AvgIpc) is 2.38. The molecule has 96 valence electrons. The maximum atomic E-state index is 12.2. The summed E-state index contributed by atoms with van der Waals surface area (Å²) in [5.41, 5.74) is 1.12. The Balaban J connectivity index is 2.77. The Morgan fingerprint density at radius 2 is 2.06 bits per heavy atom. The van der Waals surface area contributed by atoms with E-state index in [0.29, 0.717) is 0 Å². The Morgan fingerprint density at radius 3 is 2.71 bits per heavy atom. The van der Waals surface area contributed by atoms with E-state index in [1.54, 1.807) is 0 Å². The zero-order valence-corrected chi connectivity index (χ0v) is 10.7. The van der Waals surface area contributed by atoms with Gasteiger partial charge in [-0.3, -0.25) is 0 Å². The topological polar surface area (TPSA) is 21.3 Å². The van der Waals surface area contributed by atoms with Crippen LogP contribution < -0.4 is 10.1 Å². The first kappa shape index (κ1) is 14.0. The fourth-order valence-electron chi connectivity index (χ4n) is 1.84. The van der Waals surface area contributed by atoms with E-state index in [4.69, 9.17) is 4.74 Å². The van der Waals surface area contributed by atoms with Gasteiger partial charge in [0.1, 0.15) is 19.0 Å². The van der Waals surface area contributed by atoms with Crippen LogP contribution in [0.2, 0.25) is 0 Å². The van der Waals surface area contributed by atoms with E-state index in [1.165, 1.54) is 0 Å². The van der Waals surface area contributed by atoms with E-state index in [-0.39, 0.29) is 12.6 Å². The van der Waals surface area contributed by atoms with Crippen molar-refractivity contribution in [3.8, 4) is 5.75 Å². The van der Waals surface area contributed by atoms with Gasteiger partial charge in [0, 0.05) is 11.6 Å². The van der Waals surface area contributed by atoms with Gasteiger partial charge in [0.15, 0.2) is 0 Å². The van der Waals surface area contributed by atoms with Crippen molar-refractivity contribution in [1.82, 2.24) is 5.32 Å². The van der Waals surface area contributed by atoms with E-state index in [1.807, 2.05) is 24.3 Å². The Labute approximate surface area is 103 Å². The third-order valence-electron chi connectivity index (χ3n) is 2.68. The number of alkyl halides is 1. The Morgan fingerprint density at radius 1 is 1.29 bits per heavy atom. The predicted octanol–water partition coefficient (Wildman–Crippen LogP) is 3.49. The van der Waals surface area contributed by atoms with Crippen molar-refractivity contribution in [1.29, 1.82) is 0 Å². The van der Waals surface area contributed by atoms with E-state index in [9.17, 15) is 4.39 Å². The minimum Gasteiger partial charge on any atom is -0.491 e. The lowest BCUT2D eigenvalue weighted by atomic mass is 10.0. The van der Waals surface area contributed by atoms with Gasteiger partial charge in [-0.2, -0.15) is 0 Å². The smallest absolute Gasteiger partial charge is 0.124 e. The molecule has 1 aromatic carbocycles. The molecule has 1 atom stereocenters. The van der Waals surface area contributed by atoms with Crippen LogP contribution in [0.5, 0.6) is 5.75 Å². The quantitative estimate of drug-likeness (QED) is 0.750. The molecule has 1 unspecified atom stereocenters. The zero-order chi connectivity index (χ0) is 12.5. The minimum absolute atomic E-state index is 0.126. The molecule has 17 heavy (non-hydrogen) atoms. The molecule has 1 rings (SSSR count). The fourth-order valence-corrected chi connectivity index (χ4v) is 1.84. The Kier molecular flexibility index (Phi) is 6.63. The van der Waals surface area contributed by atoms with Crippen LogP contribution in [0.1, 0.15) is 38.3 Å². The van der Waals surface area contributed by atoms with Crippen molar-refractivity contribution in [2.45, 2.75) is 32.7 Å². The molecule has 0 aliphatic heterocycles. The van der Waals surface area contributed by atoms with Gasteiger partial charge in [0.25, 0.3) is 0 Å². The van der Waals surface area contributed by atoms with E-state index >= 15 is 0 Å². The zero-order valence-electron chi connectivity index (χ0n) is 10.7. The second kappa shape index (κ2) is 8.07. The number of hydrogen-bond acceptors (Lipinski definition) is 2. The molecule has 1 N–H and O–H groups in total. The van der Waals surface area contributed by atoms with E-state index in [2.05, 4.69) is 19.2 Å². The molecule has 3 heteroatoms. The third kappa shape index (κ3) is 4.35. The highest BCUT2D eigenvalue weighted by molar-refractivity contribution is 5.35. The molecule has 1 aromatic rings. The van der Waals surface area contributed by atoms with Gasteiger partial charge in [-0.05, 0) is 25.5 Å². The molecule has 0 aromatic heterocycles. The molecule has 0 spiro atoms. The number of benzene rings is 1. The van der Waals surface area contributed by atoms with Crippen LogP contribution in [0.3, 0.4) is 0 Å². The number of para-hydroxylation sites is 1. The molecule has 0 fully saturated rings. The monoisotopic (exact) mass is 239 g/mol. The third-order valence-corrected chi connectivity index (χ3v) is 2.68. The van der Waals surface area contributed by atoms with Gasteiger partial charge in [-0.1, -0.05) is 32.0 Å². The molecular formula is C14H22FNO. The first-order valence-electron chi connectivity index (χ1n) is 6.34. The largest absolute Gasteiger partial charge is 0.491 e. The summed E-state index contributed by atoms with van der Waals surface area (Å²) in [5.74, 6) is 0.792.